The van der Waals surface area contributed by atoms with E-state index in [1.807, 2.05) is 0 Å². The average Bonchev–Trinajstić information content (AvgIpc) is 2.26. The summed E-state index contributed by atoms with van der Waals surface area (Å²) in [5.74, 6) is -1.27. The standard InChI is InChI=1S/C5H10O3.C4H8O3/c1-4(7-2)5(6)8-3;1-3(7-2)4(5)6/h4H,1-3H3;3H,1-2H3,(H,5,6). The summed E-state index contributed by atoms with van der Waals surface area (Å²) < 4.78 is 13.4. The molecule has 0 amide bonds. The molecule has 0 spiro atoms. The fraction of sp³-hybridized carbons (Fsp3) is 0.778. The molecule has 0 aliphatic rings. The molecule has 2 atom stereocenters. The molecule has 0 saturated heterocycles. The molecule has 0 heterocycles. The lowest BCUT2D eigenvalue weighted by Gasteiger charge is -2.04. The van der Waals surface area contributed by atoms with E-state index >= 15 is 0 Å². The van der Waals surface area contributed by atoms with E-state index in [1.54, 1.807) is 6.92 Å². The van der Waals surface area contributed by atoms with Gasteiger partial charge in [0.25, 0.3) is 0 Å². The van der Waals surface area contributed by atoms with Gasteiger partial charge in [-0.3, -0.25) is 0 Å². The van der Waals surface area contributed by atoms with Crippen LogP contribution in [-0.4, -0.2) is 50.6 Å². The number of rotatable bonds is 4. The summed E-state index contributed by atoms with van der Waals surface area (Å²) >= 11 is 0. The number of ether oxygens (including phenoxy) is 3. The van der Waals surface area contributed by atoms with Crippen molar-refractivity contribution >= 4 is 11.9 Å². The van der Waals surface area contributed by atoms with Crippen molar-refractivity contribution in [3.63, 3.8) is 0 Å². The highest BCUT2D eigenvalue weighted by Gasteiger charge is 2.09. The van der Waals surface area contributed by atoms with Crippen molar-refractivity contribution in [1.82, 2.24) is 0 Å². The Balaban J connectivity index is 0. The number of carboxylic acid groups (broad SMARTS) is 1. The maximum Gasteiger partial charge on any atom is 0.334 e. The summed E-state index contributed by atoms with van der Waals surface area (Å²) in [6.45, 7) is 3.11. The summed E-state index contributed by atoms with van der Waals surface area (Å²) in [5, 5.41) is 8.06. The Morgan fingerprint density at radius 2 is 1.40 bits per heavy atom. The zero-order chi connectivity index (χ0) is 12.4. The van der Waals surface area contributed by atoms with Gasteiger partial charge >= 0.3 is 11.9 Å². The first-order valence-corrected chi connectivity index (χ1v) is 4.26. The van der Waals surface area contributed by atoms with Gasteiger partial charge in [0.2, 0.25) is 0 Å². The molecule has 0 rings (SSSR count). The zero-order valence-electron chi connectivity index (χ0n) is 9.64. The van der Waals surface area contributed by atoms with E-state index in [0.717, 1.165) is 0 Å². The smallest absolute Gasteiger partial charge is 0.334 e. The molecule has 0 saturated carbocycles. The topological polar surface area (TPSA) is 82.1 Å². The number of esters is 1. The maximum absolute atomic E-state index is 10.4. The van der Waals surface area contributed by atoms with Crippen LogP contribution in [0.3, 0.4) is 0 Å². The van der Waals surface area contributed by atoms with E-state index in [9.17, 15) is 9.59 Å². The second-order valence-electron chi connectivity index (χ2n) is 2.62. The molecule has 0 aliphatic carbocycles. The van der Waals surface area contributed by atoms with Gasteiger partial charge in [0.1, 0.15) is 0 Å². The van der Waals surface area contributed by atoms with Gasteiger partial charge in [-0.2, -0.15) is 0 Å². The number of aliphatic carboxylic acids is 1. The second kappa shape index (κ2) is 9.42. The van der Waals surface area contributed by atoms with Crippen molar-refractivity contribution in [3.05, 3.63) is 0 Å². The minimum Gasteiger partial charge on any atom is -0.479 e. The first-order valence-electron chi connectivity index (χ1n) is 4.26. The lowest BCUT2D eigenvalue weighted by molar-refractivity contribution is -0.151. The summed E-state index contributed by atoms with van der Waals surface area (Å²) in [7, 11) is 4.15. The normalized spacial score (nSPS) is 13.1. The van der Waals surface area contributed by atoms with Crippen LogP contribution in [0.5, 0.6) is 0 Å². The maximum atomic E-state index is 10.4. The summed E-state index contributed by atoms with van der Waals surface area (Å²) in [6.07, 6.45) is -1.13. The van der Waals surface area contributed by atoms with Crippen molar-refractivity contribution in [2.75, 3.05) is 21.3 Å². The molecule has 0 aliphatic heterocycles. The molecule has 6 heteroatoms. The van der Waals surface area contributed by atoms with E-state index in [-0.39, 0.29) is 5.97 Å². The Morgan fingerprint density at radius 3 is 1.47 bits per heavy atom. The van der Waals surface area contributed by atoms with Crippen LogP contribution >= 0.6 is 0 Å². The third kappa shape index (κ3) is 9.17. The van der Waals surface area contributed by atoms with Gasteiger partial charge in [0.05, 0.1) is 7.11 Å². The van der Waals surface area contributed by atoms with Crippen LogP contribution in [-0.2, 0) is 23.8 Å². The highest BCUT2D eigenvalue weighted by molar-refractivity contribution is 5.73. The van der Waals surface area contributed by atoms with E-state index in [1.165, 1.54) is 28.3 Å². The highest BCUT2D eigenvalue weighted by atomic mass is 16.6. The fourth-order valence-electron chi connectivity index (χ4n) is 0.363. The van der Waals surface area contributed by atoms with E-state index in [0.29, 0.717) is 0 Å². The molecule has 0 aromatic rings. The zero-order valence-corrected chi connectivity index (χ0v) is 9.64. The van der Waals surface area contributed by atoms with Crippen LogP contribution in [0.1, 0.15) is 13.8 Å². The largest absolute Gasteiger partial charge is 0.479 e. The summed E-state index contributed by atoms with van der Waals surface area (Å²) in [6, 6.07) is 0. The molecule has 0 bridgehead atoms. The minimum absolute atomic E-state index is 0.340. The Morgan fingerprint density at radius 1 is 1.00 bits per heavy atom. The van der Waals surface area contributed by atoms with Gasteiger partial charge in [0, 0.05) is 14.2 Å². The molecule has 6 nitrogen and oxygen atoms in total. The van der Waals surface area contributed by atoms with Gasteiger partial charge in [-0.25, -0.2) is 9.59 Å². The molecule has 0 fully saturated rings. The van der Waals surface area contributed by atoms with Gasteiger partial charge in [0.15, 0.2) is 12.2 Å². The van der Waals surface area contributed by atoms with Crippen LogP contribution in [0, 0.1) is 0 Å². The summed E-state index contributed by atoms with van der Waals surface area (Å²) in [4.78, 5) is 20.2. The Labute approximate surface area is 89.1 Å². The first kappa shape index (κ1) is 16.3. The lowest BCUT2D eigenvalue weighted by atomic mass is 10.4. The van der Waals surface area contributed by atoms with Crippen LogP contribution in [0.4, 0.5) is 0 Å². The molecule has 0 aromatic heterocycles. The Kier molecular flexibility index (Phi) is 10.2. The van der Waals surface area contributed by atoms with Gasteiger partial charge < -0.3 is 19.3 Å². The van der Waals surface area contributed by atoms with Crippen molar-refractivity contribution in [2.45, 2.75) is 26.1 Å². The monoisotopic (exact) mass is 222 g/mol. The molecule has 90 valence electrons. The highest BCUT2D eigenvalue weighted by Crippen LogP contribution is 1.88. The van der Waals surface area contributed by atoms with Crippen LogP contribution in [0.25, 0.3) is 0 Å². The van der Waals surface area contributed by atoms with Gasteiger partial charge in [-0.05, 0) is 13.8 Å². The third-order valence-electron chi connectivity index (χ3n) is 1.59. The predicted octanol–water partition coefficient (Wildman–Crippen LogP) is 0.300. The third-order valence-corrected chi connectivity index (χ3v) is 1.59. The Bertz CT molecular complexity index is 191. The number of hydrogen-bond acceptors (Lipinski definition) is 5. The quantitative estimate of drug-likeness (QED) is 0.689. The molecule has 0 aromatic carbocycles. The number of carbonyl (C=O) groups excluding carboxylic acids is 1. The van der Waals surface area contributed by atoms with Crippen molar-refractivity contribution in [1.29, 1.82) is 0 Å². The molecular formula is C9H18O6. The molecule has 2 unspecified atom stereocenters. The first-order chi connectivity index (χ1) is 6.90. The predicted molar refractivity (Wildman–Crippen MR) is 52.6 cm³/mol. The second-order valence-corrected chi connectivity index (χ2v) is 2.62. The van der Waals surface area contributed by atoms with Crippen molar-refractivity contribution < 1.29 is 28.9 Å². The van der Waals surface area contributed by atoms with Gasteiger partial charge in [-0.1, -0.05) is 0 Å². The van der Waals surface area contributed by atoms with Crippen LogP contribution < -0.4 is 0 Å². The SMILES string of the molecule is COC(=O)C(C)OC.COC(C)C(=O)O. The van der Waals surface area contributed by atoms with Crippen molar-refractivity contribution in [3.8, 4) is 0 Å². The molecule has 15 heavy (non-hydrogen) atoms. The minimum atomic E-state index is -0.928. The number of hydrogen-bond donors (Lipinski definition) is 1. The lowest BCUT2D eigenvalue weighted by Crippen LogP contribution is -2.19. The van der Waals surface area contributed by atoms with Crippen LogP contribution in [0.2, 0.25) is 0 Å². The fourth-order valence-corrected chi connectivity index (χ4v) is 0.363. The molecule has 0 radical (unpaired) electrons. The number of methoxy groups -OCH3 is 3. The van der Waals surface area contributed by atoms with Crippen molar-refractivity contribution in [2.24, 2.45) is 0 Å². The van der Waals surface area contributed by atoms with Crippen LogP contribution in [0.15, 0.2) is 0 Å². The number of carboxylic acids is 1. The molecule has 1 N–H and O–H groups in total. The van der Waals surface area contributed by atoms with E-state index in [4.69, 9.17) is 5.11 Å². The number of carbonyl (C=O) groups is 2. The average molecular weight is 222 g/mol. The summed E-state index contributed by atoms with van der Waals surface area (Å²) in [5.41, 5.74) is 0. The molecular weight excluding hydrogens is 204 g/mol. The van der Waals surface area contributed by atoms with E-state index < -0.39 is 18.2 Å². The Hall–Kier alpha value is -1.14. The van der Waals surface area contributed by atoms with Gasteiger partial charge in [-0.15, -0.1) is 0 Å². The van der Waals surface area contributed by atoms with E-state index in [2.05, 4.69) is 14.2 Å².